The van der Waals surface area contributed by atoms with Crippen molar-refractivity contribution in [2.24, 2.45) is 0 Å². The van der Waals surface area contributed by atoms with Gasteiger partial charge in [-0.3, -0.25) is 14.5 Å². The Labute approximate surface area is 165 Å². The third-order valence-electron chi connectivity index (χ3n) is 4.83. The lowest BCUT2D eigenvalue weighted by Crippen LogP contribution is -2.30. The van der Waals surface area contributed by atoms with Gasteiger partial charge in [0.05, 0.1) is 11.6 Å². The standard InChI is InChI=1S/C22H17FN2O4/c1-12-7-9-14(10-8-12)20(26)18-19(15-5-3-4-6-16(15)23)25(22(28)21(18)27)17-11-13(2)29-24-17/h3-11,19,26H,1-2H3. The maximum absolute atomic E-state index is 14.7. The van der Waals surface area contributed by atoms with Crippen molar-refractivity contribution in [2.75, 3.05) is 4.90 Å². The number of amides is 1. The number of hydrogen-bond acceptors (Lipinski definition) is 5. The van der Waals surface area contributed by atoms with E-state index in [1.54, 1.807) is 37.3 Å². The quantitative estimate of drug-likeness (QED) is 0.413. The summed E-state index contributed by atoms with van der Waals surface area (Å²) >= 11 is 0. The van der Waals surface area contributed by atoms with Crippen molar-refractivity contribution in [3.8, 4) is 0 Å². The molecule has 1 amide bonds. The van der Waals surface area contributed by atoms with E-state index in [-0.39, 0.29) is 22.7 Å². The van der Waals surface area contributed by atoms with Crippen molar-refractivity contribution >= 4 is 23.3 Å². The van der Waals surface area contributed by atoms with E-state index in [0.29, 0.717) is 11.3 Å². The Kier molecular flexibility index (Phi) is 4.50. The number of carbonyl (C=O) groups excluding carboxylic acids is 2. The molecule has 1 aliphatic heterocycles. The Bertz CT molecular complexity index is 1150. The zero-order chi connectivity index (χ0) is 20.7. The number of anilines is 1. The highest BCUT2D eigenvalue weighted by Crippen LogP contribution is 2.42. The number of nitrogens with zero attached hydrogens (tertiary/aromatic N) is 2. The molecule has 0 spiro atoms. The molecule has 7 heteroatoms. The monoisotopic (exact) mass is 392 g/mol. The van der Waals surface area contributed by atoms with Crippen molar-refractivity contribution in [1.29, 1.82) is 0 Å². The first kappa shape index (κ1) is 18.6. The number of ketones is 1. The fourth-order valence-corrected chi connectivity index (χ4v) is 3.39. The second kappa shape index (κ2) is 7.01. The van der Waals surface area contributed by atoms with Crippen LogP contribution in [-0.2, 0) is 9.59 Å². The largest absolute Gasteiger partial charge is 0.507 e. The molecule has 2 aromatic carbocycles. The van der Waals surface area contributed by atoms with Crippen LogP contribution in [-0.4, -0.2) is 22.0 Å². The van der Waals surface area contributed by atoms with Gasteiger partial charge in [0.15, 0.2) is 5.82 Å². The van der Waals surface area contributed by atoms with Gasteiger partial charge in [0, 0.05) is 17.2 Å². The second-order valence-corrected chi connectivity index (χ2v) is 6.85. The van der Waals surface area contributed by atoms with Crippen LogP contribution in [0.25, 0.3) is 5.76 Å². The molecule has 1 unspecified atom stereocenters. The van der Waals surface area contributed by atoms with E-state index in [1.807, 2.05) is 6.92 Å². The van der Waals surface area contributed by atoms with Gasteiger partial charge in [-0.2, -0.15) is 0 Å². The molecule has 1 aliphatic rings. The van der Waals surface area contributed by atoms with E-state index in [2.05, 4.69) is 5.16 Å². The van der Waals surface area contributed by atoms with E-state index in [1.165, 1.54) is 24.3 Å². The van der Waals surface area contributed by atoms with Gasteiger partial charge < -0.3 is 9.63 Å². The highest BCUT2D eigenvalue weighted by atomic mass is 19.1. The van der Waals surface area contributed by atoms with Crippen LogP contribution in [0.4, 0.5) is 10.2 Å². The molecule has 146 valence electrons. The van der Waals surface area contributed by atoms with Crippen LogP contribution in [0.1, 0.15) is 28.5 Å². The lowest BCUT2D eigenvalue weighted by atomic mass is 9.94. The van der Waals surface area contributed by atoms with Crippen LogP contribution < -0.4 is 4.90 Å². The van der Waals surface area contributed by atoms with Crippen molar-refractivity contribution < 1.29 is 23.6 Å². The van der Waals surface area contributed by atoms with Gasteiger partial charge in [0.1, 0.15) is 17.3 Å². The molecule has 0 bridgehead atoms. The zero-order valence-corrected chi connectivity index (χ0v) is 15.7. The van der Waals surface area contributed by atoms with Crippen LogP contribution in [0.5, 0.6) is 0 Å². The maximum Gasteiger partial charge on any atom is 0.301 e. The lowest BCUT2D eigenvalue weighted by Gasteiger charge is -2.23. The molecule has 1 saturated heterocycles. The molecule has 29 heavy (non-hydrogen) atoms. The van der Waals surface area contributed by atoms with Crippen LogP contribution in [0.2, 0.25) is 0 Å². The number of benzene rings is 2. The van der Waals surface area contributed by atoms with Gasteiger partial charge in [-0.1, -0.05) is 53.2 Å². The third-order valence-corrected chi connectivity index (χ3v) is 4.83. The smallest absolute Gasteiger partial charge is 0.301 e. The van der Waals surface area contributed by atoms with E-state index in [4.69, 9.17) is 4.52 Å². The van der Waals surface area contributed by atoms with Crippen molar-refractivity contribution in [1.82, 2.24) is 5.16 Å². The van der Waals surface area contributed by atoms with E-state index in [0.717, 1.165) is 10.5 Å². The lowest BCUT2D eigenvalue weighted by molar-refractivity contribution is -0.132. The van der Waals surface area contributed by atoms with E-state index in [9.17, 15) is 19.1 Å². The summed E-state index contributed by atoms with van der Waals surface area (Å²) in [5, 5.41) is 14.7. The average molecular weight is 392 g/mol. The van der Waals surface area contributed by atoms with Gasteiger partial charge in [-0.25, -0.2) is 4.39 Å². The number of hydrogen-bond donors (Lipinski definition) is 1. The summed E-state index contributed by atoms with van der Waals surface area (Å²) in [7, 11) is 0. The molecule has 1 aromatic heterocycles. The Morgan fingerprint density at radius 3 is 2.41 bits per heavy atom. The molecule has 1 atom stereocenters. The van der Waals surface area contributed by atoms with Crippen LogP contribution >= 0.6 is 0 Å². The summed E-state index contributed by atoms with van der Waals surface area (Å²) in [6.45, 7) is 3.52. The topological polar surface area (TPSA) is 83.6 Å². The normalized spacial score (nSPS) is 18.4. The number of aromatic nitrogens is 1. The number of aliphatic hydroxyl groups is 1. The van der Waals surface area contributed by atoms with E-state index >= 15 is 0 Å². The zero-order valence-electron chi connectivity index (χ0n) is 15.7. The first-order valence-electron chi connectivity index (χ1n) is 8.94. The van der Waals surface area contributed by atoms with Crippen molar-refractivity contribution in [3.05, 3.63) is 88.4 Å². The predicted molar refractivity (Wildman–Crippen MR) is 104 cm³/mol. The fraction of sp³-hybridized carbons (Fsp3) is 0.136. The van der Waals surface area contributed by atoms with Crippen molar-refractivity contribution in [3.63, 3.8) is 0 Å². The molecule has 3 aromatic rings. The summed E-state index contributed by atoms with van der Waals surface area (Å²) in [4.78, 5) is 26.8. The minimum Gasteiger partial charge on any atom is -0.507 e. The molecule has 0 aliphatic carbocycles. The predicted octanol–water partition coefficient (Wildman–Crippen LogP) is 4.06. The molecule has 4 rings (SSSR count). The Hall–Kier alpha value is -3.74. The number of carbonyl (C=O) groups is 2. The molecular formula is C22H17FN2O4. The Morgan fingerprint density at radius 2 is 1.79 bits per heavy atom. The second-order valence-electron chi connectivity index (χ2n) is 6.85. The third kappa shape index (κ3) is 3.10. The number of halogens is 1. The minimum absolute atomic E-state index is 0.0702. The minimum atomic E-state index is -1.18. The molecule has 0 saturated carbocycles. The van der Waals surface area contributed by atoms with Gasteiger partial charge in [-0.05, 0) is 19.9 Å². The number of aliphatic hydroxyl groups excluding tert-OH is 1. The van der Waals surface area contributed by atoms with Gasteiger partial charge in [-0.15, -0.1) is 0 Å². The number of rotatable bonds is 3. The van der Waals surface area contributed by atoms with Gasteiger partial charge in [0.2, 0.25) is 0 Å². The van der Waals surface area contributed by atoms with Crippen LogP contribution in [0, 0.1) is 19.7 Å². The van der Waals surface area contributed by atoms with Gasteiger partial charge >= 0.3 is 5.91 Å². The summed E-state index contributed by atoms with van der Waals surface area (Å²) in [6, 6.07) is 12.9. The fourth-order valence-electron chi connectivity index (χ4n) is 3.39. The van der Waals surface area contributed by atoms with Crippen molar-refractivity contribution in [2.45, 2.75) is 19.9 Å². The molecular weight excluding hydrogens is 375 g/mol. The summed E-state index contributed by atoms with van der Waals surface area (Å²) < 4.78 is 19.7. The summed E-state index contributed by atoms with van der Waals surface area (Å²) in [6.07, 6.45) is 0. The Balaban J connectivity index is 1.97. The SMILES string of the molecule is Cc1ccc(C(O)=C2C(=O)C(=O)N(c3cc(C)on3)C2c2ccccc2F)cc1. The van der Waals surface area contributed by atoms with Crippen LogP contribution in [0.15, 0.2) is 64.7 Å². The molecule has 1 N–H and O–H groups in total. The molecule has 6 nitrogen and oxygen atoms in total. The summed E-state index contributed by atoms with van der Waals surface area (Å²) in [5.41, 5.74) is 1.18. The number of aryl methyl sites for hydroxylation is 2. The Morgan fingerprint density at radius 1 is 1.10 bits per heavy atom. The van der Waals surface area contributed by atoms with Crippen LogP contribution in [0.3, 0.4) is 0 Å². The molecule has 2 heterocycles. The first-order chi connectivity index (χ1) is 13.9. The number of Topliss-reactive ketones (excluding diaryl/α,β-unsaturated/α-hetero) is 1. The molecule has 1 fully saturated rings. The van der Waals surface area contributed by atoms with Gasteiger partial charge in [0.25, 0.3) is 5.78 Å². The average Bonchev–Trinajstić information content (AvgIpc) is 3.23. The summed E-state index contributed by atoms with van der Waals surface area (Å²) in [5.74, 6) is -2.33. The maximum atomic E-state index is 14.7. The first-order valence-corrected chi connectivity index (χ1v) is 8.94. The highest BCUT2D eigenvalue weighted by Gasteiger charge is 2.48. The molecule has 0 radical (unpaired) electrons. The van der Waals surface area contributed by atoms with E-state index < -0.39 is 23.5 Å². The highest BCUT2D eigenvalue weighted by molar-refractivity contribution is 6.51.